The molecule has 0 radical (unpaired) electrons. The third-order valence-corrected chi connectivity index (χ3v) is 3.49. The predicted molar refractivity (Wildman–Crippen MR) is 85.3 cm³/mol. The number of nitro benzene ring substituents is 1. The standard InChI is InChI=1S/C16H15N3O4/c1-10-7-14(17-9-15(20)16-3-2-6-23-16)12-8-11(19(21)22)4-5-13(12)18-10/h2-8,15,20H,9H2,1H3,(H,17,18)/t15-/m0/s1. The van der Waals surface area contributed by atoms with E-state index in [9.17, 15) is 15.2 Å². The number of hydrogen-bond donors (Lipinski definition) is 2. The number of non-ortho nitro benzene ring substituents is 1. The van der Waals surface area contributed by atoms with Gasteiger partial charge in [-0.1, -0.05) is 0 Å². The van der Waals surface area contributed by atoms with E-state index < -0.39 is 11.0 Å². The molecule has 0 fully saturated rings. The molecule has 2 N–H and O–H groups in total. The maximum atomic E-state index is 11.0. The number of hydrogen-bond acceptors (Lipinski definition) is 6. The van der Waals surface area contributed by atoms with Crippen molar-refractivity contribution < 1.29 is 14.4 Å². The van der Waals surface area contributed by atoms with E-state index in [-0.39, 0.29) is 12.2 Å². The summed E-state index contributed by atoms with van der Waals surface area (Å²) in [5.41, 5.74) is 2.12. The van der Waals surface area contributed by atoms with E-state index in [2.05, 4.69) is 10.3 Å². The fraction of sp³-hybridized carbons (Fsp3) is 0.188. The van der Waals surface area contributed by atoms with Gasteiger partial charge in [-0.25, -0.2) is 0 Å². The van der Waals surface area contributed by atoms with Gasteiger partial charge in [0, 0.05) is 35.4 Å². The third-order valence-electron chi connectivity index (χ3n) is 3.49. The van der Waals surface area contributed by atoms with Crippen LogP contribution in [0.4, 0.5) is 11.4 Å². The van der Waals surface area contributed by atoms with Crippen LogP contribution in [0.3, 0.4) is 0 Å². The fourth-order valence-corrected chi connectivity index (χ4v) is 2.39. The Morgan fingerprint density at radius 2 is 2.22 bits per heavy atom. The molecule has 7 nitrogen and oxygen atoms in total. The van der Waals surface area contributed by atoms with Crippen LogP contribution >= 0.6 is 0 Å². The minimum atomic E-state index is -0.813. The Balaban J connectivity index is 1.92. The van der Waals surface area contributed by atoms with Gasteiger partial charge in [-0.15, -0.1) is 0 Å². The van der Waals surface area contributed by atoms with Crippen molar-refractivity contribution >= 4 is 22.3 Å². The number of aliphatic hydroxyl groups excluding tert-OH is 1. The molecule has 0 spiro atoms. The highest BCUT2D eigenvalue weighted by Gasteiger charge is 2.13. The van der Waals surface area contributed by atoms with E-state index >= 15 is 0 Å². The Kier molecular flexibility index (Phi) is 3.94. The molecule has 1 atom stereocenters. The number of rotatable bonds is 5. The Hall–Kier alpha value is -2.93. The monoisotopic (exact) mass is 313 g/mol. The maximum Gasteiger partial charge on any atom is 0.270 e. The van der Waals surface area contributed by atoms with Crippen LogP contribution in [0.15, 0.2) is 47.1 Å². The molecule has 0 aliphatic rings. The number of anilines is 1. The van der Waals surface area contributed by atoms with Gasteiger partial charge < -0.3 is 14.8 Å². The first kappa shape index (κ1) is 15.0. The Morgan fingerprint density at radius 1 is 1.39 bits per heavy atom. The van der Waals surface area contributed by atoms with Crippen molar-refractivity contribution in [3.05, 3.63) is 64.2 Å². The summed E-state index contributed by atoms with van der Waals surface area (Å²) in [4.78, 5) is 14.9. The van der Waals surface area contributed by atoms with Gasteiger partial charge >= 0.3 is 0 Å². The molecule has 0 saturated carbocycles. The number of benzene rings is 1. The zero-order valence-corrected chi connectivity index (χ0v) is 12.4. The number of aliphatic hydroxyl groups is 1. The smallest absolute Gasteiger partial charge is 0.270 e. The van der Waals surface area contributed by atoms with E-state index in [0.29, 0.717) is 22.4 Å². The van der Waals surface area contributed by atoms with Gasteiger partial charge in [-0.2, -0.15) is 0 Å². The summed E-state index contributed by atoms with van der Waals surface area (Å²) >= 11 is 0. The number of furan rings is 1. The van der Waals surface area contributed by atoms with Crippen LogP contribution in [0.25, 0.3) is 10.9 Å². The second kappa shape index (κ2) is 6.05. The van der Waals surface area contributed by atoms with Crippen LogP contribution in [0.2, 0.25) is 0 Å². The first-order valence-corrected chi connectivity index (χ1v) is 7.06. The first-order chi connectivity index (χ1) is 11.0. The molecule has 2 aromatic heterocycles. The van der Waals surface area contributed by atoms with Crippen molar-refractivity contribution in [1.82, 2.24) is 4.98 Å². The van der Waals surface area contributed by atoms with Gasteiger partial charge in [0.05, 0.1) is 16.7 Å². The summed E-state index contributed by atoms with van der Waals surface area (Å²) in [6.45, 7) is 2.06. The molecule has 3 aromatic rings. The van der Waals surface area contributed by atoms with E-state index in [4.69, 9.17) is 4.42 Å². The number of pyridine rings is 1. The van der Waals surface area contributed by atoms with E-state index in [1.807, 2.05) is 6.92 Å². The summed E-state index contributed by atoms with van der Waals surface area (Å²) in [6.07, 6.45) is 0.681. The lowest BCUT2D eigenvalue weighted by molar-refractivity contribution is -0.384. The van der Waals surface area contributed by atoms with Gasteiger partial charge in [0.15, 0.2) is 0 Å². The van der Waals surface area contributed by atoms with Crippen molar-refractivity contribution in [1.29, 1.82) is 0 Å². The minimum Gasteiger partial charge on any atom is -0.467 e. The van der Waals surface area contributed by atoms with Crippen LogP contribution < -0.4 is 5.32 Å². The normalized spacial score (nSPS) is 12.3. The number of aromatic nitrogens is 1. The molecule has 0 aliphatic carbocycles. The summed E-state index contributed by atoms with van der Waals surface area (Å²) in [6, 6.07) is 9.70. The number of aryl methyl sites for hydroxylation is 1. The maximum absolute atomic E-state index is 11.0. The molecule has 0 saturated heterocycles. The van der Waals surface area contributed by atoms with Crippen LogP contribution in [-0.2, 0) is 0 Å². The van der Waals surface area contributed by atoms with Crippen molar-refractivity contribution in [2.75, 3.05) is 11.9 Å². The Morgan fingerprint density at radius 3 is 2.91 bits per heavy atom. The largest absolute Gasteiger partial charge is 0.467 e. The van der Waals surface area contributed by atoms with Crippen molar-refractivity contribution in [2.24, 2.45) is 0 Å². The lowest BCUT2D eigenvalue weighted by atomic mass is 10.1. The number of nitro groups is 1. The van der Waals surface area contributed by atoms with E-state index in [1.54, 1.807) is 24.3 Å². The van der Waals surface area contributed by atoms with Gasteiger partial charge in [-0.3, -0.25) is 15.1 Å². The molecule has 3 rings (SSSR count). The Labute approximate surface area is 131 Å². The van der Waals surface area contributed by atoms with Crippen LogP contribution in [0.1, 0.15) is 17.6 Å². The fourth-order valence-electron chi connectivity index (χ4n) is 2.39. The zero-order chi connectivity index (χ0) is 16.4. The van der Waals surface area contributed by atoms with E-state index in [1.165, 1.54) is 18.4 Å². The average molecular weight is 313 g/mol. The summed E-state index contributed by atoms with van der Waals surface area (Å²) in [5, 5.41) is 24.8. The minimum absolute atomic E-state index is 0.00205. The molecule has 23 heavy (non-hydrogen) atoms. The zero-order valence-electron chi connectivity index (χ0n) is 12.4. The average Bonchev–Trinajstić information content (AvgIpc) is 3.06. The number of nitrogens with one attached hydrogen (secondary N) is 1. The highest BCUT2D eigenvalue weighted by atomic mass is 16.6. The number of nitrogens with zero attached hydrogens (tertiary/aromatic N) is 2. The molecule has 7 heteroatoms. The third kappa shape index (κ3) is 3.14. The first-order valence-electron chi connectivity index (χ1n) is 7.06. The van der Waals surface area contributed by atoms with Gasteiger partial charge in [-0.05, 0) is 31.2 Å². The molecule has 1 aromatic carbocycles. The molecular weight excluding hydrogens is 298 g/mol. The highest BCUT2D eigenvalue weighted by molar-refractivity contribution is 5.93. The molecule has 118 valence electrons. The van der Waals surface area contributed by atoms with Crippen molar-refractivity contribution in [3.63, 3.8) is 0 Å². The molecule has 0 unspecified atom stereocenters. The van der Waals surface area contributed by atoms with Gasteiger partial charge in [0.1, 0.15) is 11.9 Å². The van der Waals surface area contributed by atoms with Gasteiger partial charge in [0.2, 0.25) is 0 Å². The van der Waals surface area contributed by atoms with Crippen LogP contribution in [0.5, 0.6) is 0 Å². The lowest BCUT2D eigenvalue weighted by Crippen LogP contribution is -2.12. The number of fused-ring (bicyclic) bond motifs is 1. The summed E-state index contributed by atoms with van der Waals surface area (Å²) < 4.78 is 5.15. The Bertz CT molecular complexity index is 846. The lowest BCUT2D eigenvalue weighted by Gasteiger charge is -2.13. The van der Waals surface area contributed by atoms with Crippen molar-refractivity contribution in [2.45, 2.75) is 13.0 Å². The predicted octanol–water partition coefficient (Wildman–Crippen LogP) is 3.19. The van der Waals surface area contributed by atoms with Crippen LogP contribution in [-0.4, -0.2) is 21.6 Å². The topological polar surface area (TPSA) is 101 Å². The van der Waals surface area contributed by atoms with Gasteiger partial charge in [0.25, 0.3) is 5.69 Å². The summed E-state index contributed by atoms with van der Waals surface area (Å²) in [5.74, 6) is 0.457. The van der Waals surface area contributed by atoms with Crippen LogP contribution in [0, 0.1) is 17.0 Å². The van der Waals surface area contributed by atoms with E-state index in [0.717, 1.165) is 5.69 Å². The molecule has 2 heterocycles. The molecule has 0 amide bonds. The van der Waals surface area contributed by atoms with Crippen molar-refractivity contribution in [3.8, 4) is 0 Å². The molecule has 0 bridgehead atoms. The molecular formula is C16H15N3O4. The summed E-state index contributed by atoms with van der Waals surface area (Å²) in [7, 11) is 0. The SMILES string of the molecule is Cc1cc(NC[C@H](O)c2ccco2)c2cc([N+](=O)[O-])ccc2n1. The second-order valence-corrected chi connectivity index (χ2v) is 5.18. The quantitative estimate of drug-likeness (QED) is 0.554. The second-order valence-electron chi connectivity index (χ2n) is 5.18. The highest BCUT2D eigenvalue weighted by Crippen LogP contribution is 2.27. The molecule has 0 aliphatic heterocycles.